The second-order valence-corrected chi connectivity index (χ2v) is 8.30. The molecule has 1 N–H and O–H groups in total. The first-order valence-corrected chi connectivity index (χ1v) is 9.39. The number of rotatable bonds is 11. The van der Waals surface area contributed by atoms with Crippen LogP contribution in [0.1, 0.15) is 73.6 Å². The molecule has 0 radical (unpaired) electrons. The third-order valence-corrected chi connectivity index (χ3v) is 7.24. The van der Waals surface area contributed by atoms with Gasteiger partial charge in [-0.1, -0.05) is 27.7 Å². The van der Waals surface area contributed by atoms with Crippen LogP contribution in [-0.4, -0.2) is 28.9 Å². The topological polar surface area (TPSA) is 55.8 Å². The summed E-state index contributed by atoms with van der Waals surface area (Å²) in [6.07, 6.45) is 3.85. The monoisotopic (exact) mass is 308 g/mol. The molecule has 0 saturated carbocycles. The Labute approximate surface area is 124 Å². The van der Waals surface area contributed by atoms with E-state index in [1.54, 1.807) is 0 Å². The zero-order chi connectivity index (χ0) is 15.9. The van der Waals surface area contributed by atoms with Gasteiger partial charge in [0, 0.05) is 6.61 Å². The minimum atomic E-state index is -3.56. The summed E-state index contributed by atoms with van der Waals surface area (Å²) in [6, 6.07) is 0. The Morgan fingerprint density at radius 2 is 1.45 bits per heavy atom. The van der Waals surface area contributed by atoms with E-state index in [4.69, 9.17) is 9.26 Å². The smallest absolute Gasteiger partial charge is 0.333 e. The molecule has 0 aliphatic rings. The second-order valence-electron chi connectivity index (χ2n) is 5.92. The summed E-state index contributed by atoms with van der Waals surface area (Å²) >= 11 is 0. The summed E-state index contributed by atoms with van der Waals surface area (Å²) in [4.78, 5) is 10.1. The Morgan fingerprint density at radius 3 is 1.85 bits per heavy atom. The van der Waals surface area contributed by atoms with Gasteiger partial charge in [-0.3, -0.25) is 4.57 Å². The molecule has 1 unspecified atom stereocenters. The van der Waals surface area contributed by atoms with Crippen LogP contribution in [-0.2, 0) is 13.8 Å². The summed E-state index contributed by atoms with van der Waals surface area (Å²) < 4.78 is 23.4. The van der Waals surface area contributed by atoms with E-state index in [0.717, 1.165) is 12.8 Å². The first kappa shape index (κ1) is 20.1. The largest absolute Gasteiger partial charge is 0.375 e. The highest BCUT2D eigenvalue weighted by atomic mass is 31.2. The number of hydrogen-bond donors (Lipinski definition) is 1. The summed E-state index contributed by atoms with van der Waals surface area (Å²) in [5.74, 6) is 0. The Kier molecular flexibility index (Phi) is 8.57. The summed E-state index contributed by atoms with van der Waals surface area (Å²) in [7, 11) is -3.56. The fourth-order valence-electron chi connectivity index (χ4n) is 1.83. The van der Waals surface area contributed by atoms with Crippen molar-refractivity contribution in [3.05, 3.63) is 0 Å². The molecule has 0 aromatic heterocycles. The maximum Gasteiger partial charge on any atom is 0.333 e. The molecule has 20 heavy (non-hydrogen) atoms. The number of ether oxygens (including phenoxy) is 1. The maximum atomic E-state index is 12.3. The molecule has 5 heteroatoms. The zero-order valence-corrected chi connectivity index (χ0v) is 15.0. The van der Waals surface area contributed by atoms with E-state index in [1.807, 2.05) is 20.8 Å². The van der Waals surface area contributed by atoms with Gasteiger partial charge in [-0.25, -0.2) is 0 Å². The van der Waals surface area contributed by atoms with Crippen LogP contribution >= 0.6 is 7.60 Å². The van der Waals surface area contributed by atoms with Gasteiger partial charge in [-0.05, 0) is 46.0 Å². The van der Waals surface area contributed by atoms with E-state index in [1.165, 1.54) is 0 Å². The maximum absolute atomic E-state index is 12.3. The van der Waals surface area contributed by atoms with Crippen molar-refractivity contribution in [1.82, 2.24) is 0 Å². The van der Waals surface area contributed by atoms with Crippen molar-refractivity contribution in [1.29, 1.82) is 0 Å². The minimum Gasteiger partial charge on any atom is -0.375 e. The molecule has 0 aromatic carbocycles. The van der Waals surface area contributed by atoms with Crippen molar-refractivity contribution in [3.63, 3.8) is 0 Å². The molecule has 0 heterocycles. The van der Waals surface area contributed by atoms with E-state index in [0.29, 0.717) is 25.9 Å². The van der Waals surface area contributed by atoms with Crippen LogP contribution in [0, 0.1) is 0 Å². The van der Waals surface area contributed by atoms with Gasteiger partial charge >= 0.3 is 7.60 Å². The molecule has 0 amide bonds. The van der Waals surface area contributed by atoms with Crippen LogP contribution in [0.2, 0.25) is 0 Å². The minimum absolute atomic E-state index is 0.0930. The SMILES string of the molecule is CCC(C)(CC)OCCCOP(=O)(O)C(C)(CC)CC. The van der Waals surface area contributed by atoms with E-state index in [-0.39, 0.29) is 12.2 Å². The molecule has 4 nitrogen and oxygen atoms in total. The Hall–Kier alpha value is 0.110. The number of hydrogen-bond acceptors (Lipinski definition) is 3. The average molecular weight is 308 g/mol. The predicted octanol–water partition coefficient (Wildman–Crippen LogP) is 4.75. The van der Waals surface area contributed by atoms with Gasteiger partial charge in [-0.2, -0.15) is 0 Å². The average Bonchev–Trinajstić information content (AvgIpc) is 2.45. The quantitative estimate of drug-likeness (QED) is 0.442. The summed E-state index contributed by atoms with van der Waals surface area (Å²) in [5.41, 5.74) is -0.0930. The fraction of sp³-hybridized carbons (Fsp3) is 1.00. The van der Waals surface area contributed by atoms with E-state index >= 15 is 0 Å². The van der Waals surface area contributed by atoms with Gasteiger partial charge in [0.15, 0.2) is 0 Å². The first-order chi connectivity index (χ1) is 9.20. The Bertz CT molecular complexity index is 309. The molecule has 0 fully saturated rings. The lowest BCUT2D eigenvalue weighted by Crippen LogP contribution is -2.28. The van der Waals surface area contributed by atoms with Crippen LogP contribution < -0.4 is 0 Å². The van der Waals surface area contributed by atoms with E-state index in [2.05, 4.69) is 20.8 Å². The third-order valence-electron chi connectivity index (χ3n) is 4.71. The van der Waals surface area contributed by atoms with Gasteiger partial charge < -0.3 is 14.2 Å². The van der Waals surface area contributed by atoms with Crippen LogP contribution in [0.3, 0.4) is 0 Å². The van der Waals surface area contributed by atoms with Crippen molar-refractivity contribution in [2.75, 3.05) is 13.2 Å². The highest BCUT2D eigenvalue weighted by Crippen LogP contribution is 2.58. The molecule has 0 rings (SSSR count). The highest BCUT2D eigenvalue weighted by Gasteiger charge is 2.41. The Balaban J connectivity index is 4.16. The lowest BCUT2D eigenvalue weighted by molar-refractivity contribution is -0.0410. The van der Waals surface area contributed by atoms with Gasteiger partial charge in [-0.15, -0.1) is 0 Å². The molecule has 0 bridgehead atoms. The molecule has 0 aromatic rings. The second kappa shape index (κ2) is 8.53. The van der Waals surface area contributed by atoms with Crippen molar-refractivity contribution in [2.45, 2.75) is 84.4 Å². The van der Waals surface area contributed by atoms with Crippen LogP contribution in [0.4, 0.5) is 0 Å². The Morgan fingerprint density at radius 1 is 0.950 bits per heavy atom. The molecule has 0 aliphatic carbocycles. The van der Waals surface area contributed by atoms with E-state index in [9.17, 15) is 9.46 Å². The highest BCUT2D eigenvalue weighted by molar-refractivity contribution is 7.54. The van der Waals surface area contributed by atoms with Gasteiger partial charge in [0.05, 0.1) is 17.4 Å². The van der Waals surface area contributed by atoms with Crippen molar-refractivity contribution >= 4 is 7.60 Å². The molecular weight excluding hydrogens is 275 g/mol. The van der Waals surface area contributed by atoms with Gasteiger partial charge in [0.2, 0.25) is 0 Å². The summed E-state index contributed by atoms with van der Waals surface area (Å²) in [5, 5.41) is -0.644. The molecule has 1 atom stereocenters. The van der Waals surface area contributed by atoms with Crippen molar-refractivity contribution in [2.24, 2.45) is 0 Å². The lowest BCUT2D eigenvalue weighted by Gasteiger charge is -2.31. The van der Waals surface area contributed by atoms with E-state index < -0.39 is 12.8 Å². The molecule has 0 saturated heterocycles. The molecule has 0 spiro atoms. The first-order valence-electron chi connectivity index (χ1n) is 7.81. The molecular formula is C15H33O4P. The standard InChI is InChI=1S/C15H33O4P/c1-7-14(5,8-2)18-12-11-13-19-20(16,17)15(6,9-3)10-4/h7-13H2,1-6H3,(H,16,17). The zero-order valence-electron chi connectivity index (χ0n) is 14.1. The normalized spacial score (nSPS) is 16.1. The predicted molar refractivity (Wildman–Crippen MR) is 84.3 cm³/mol. The van der Waals surface area contributed by atoms with Crippen LogP contribution in [0.15, 0.2) is 0 Å². The van der Waals surface area contributed by atoms with Gasteiger partial charge in [0.25, 0.3) is 0 Å². The van der Waals surface area contributed by atoms with Crippen molar-refractivity contribution < 1.29 is 18.7 Å². The lowest BCUT2D eigenvalue weighted by atomic mass is 10.0. The fourth-order valence-corrected chi connectivity index (χ4v) is 3.31. The third kappa shape index (κ3) is 5.48. The van der Waals surface area contributed by atoms with Gasteiger partial charge in [0.1, 0.15) is 0 Å². The van der Waals surface area contributed by atoms with Crippen LogP contribution in [0.25, 0.3) is 0 Å². The van der Waals surface area contributed by atoms with Crippen molar-refractivity contribution in [3.8, 4) is 0 Å². The molecule has 0 aliphatic heterocycles. The summed E-state index contributed by atoms with van der Waals surface area (Å²) in [6.45, 7) is 12.8. The van der Waals surface area contributed by atoms with Crippen LogP contribution in [0.5, 0.6) is 0 Å². The molecule has 122 valence electrons.